The molecule has 0 aromatic carbocycles. The van der Waals surface area contributed by atoms with E-state index in [1.165, 1.54) is 148 Å². The van der Waals surface area contributed by atoms with Crippen LogP contribution in [0.2, 0.25) is 0 Å². The average Bonchev–Trinajstić information content (AvgIpc) is 3.32. The van der Waals surface area contributed by atoms with Crippen LogP contribution in [0.25, 0.3) is 0 Å². The summed E-state index contributed by atoms with van der Waals surface area (Å²) in [7, 11) is 0. The summed E-state index contributed by atoms with van der Waals surface area (Å²) in [5.74, 6) is -0.912. The predicted molar refractivity (Wildman–Crippen MR) is 257 cm³/mol. The molecule has 0 amide bonds. The Kier molecular flexibility index (Phi) is 36.9. The summed E-state index contributed by atoms with van der Waals surface area (Å²) in [5, 5.41) is 72.0. The van der Waals surface area contributed by atoms with Crippen molar-refractivity contribution in [2.24, 2.45) is 0 Å². The molecule has 15 heteroatoms. The molecule has 2 heterocycles. The first-order chi connectivity index (χ1) is 32.5. The Bertz CT molecular complexity index is 1180. The molecule has 0 aromatic rings. The highest BCUT2D eigenvalue weighted by Gasteiger charge is 2.47. The van der Waals surface area contributed by atoms with Gasteiger partial charge in [-0.15, -0.1) is 0 Å². The van der Waals surface area contributed by atoms with E-state index in [9.17, 15) is 45.3 Å². The minimum Gasteiger partial charge on any atom is -0.462 e. The Morgan fingerprint density at radius 1 is 0.418 bits per heavy atom. The maximum absolute atomic E-state index is 13.0. The van der Waals surface area contributed by atoms with E-state index in [4.69, 9.17) is 28.4 Å². The number of unbranched alkanes of at least 4 members (excludes halogenated alkanes) is 29. The van der Waals surface area contributed by atoms with Crippen molar-refractivity contribution in [3.8, 4) is 0 Å². The standard InChI is InChI=1S/C52H98O15/c1-3-5-7-9-11-13-14-15-16-17-18-19-20-21-22-23-24-25-27-29-31-33-35-44(55)65-40(37-62-43(54)34-32-30-28-26-12-10-8-6-4-2)38-63-51-50(61)48(59)46(57)42(67-51)39-64-52-49(60)47(58)45(56)41(36-53)66-52/h40-42,45-53,56-61H,3-39H2,1-2H3. The highest BCUT2D eigenvalue weighted by atomic mass is 16.7. The van der Waals surface area contributed by atoms with Gasteiger partial charge in [-0.2, -0.15) is 0 Å². The summed E-state index contributed by atoms with van der Waals surface area (Å²) < 4.78 is 33.6. The second-order valence-electron chi connectivity index (χ2n) is 19.4. The number of esters is 2. The van der Waals surface area contributed by atoms with E-state index < -0.39 is 92.7 Å². The molecule has 0 radical (unpaired) electrons. The van der Waals surface area contributed by atoms with Gasteiger partial charge < -0.3 is 64.2 Å². The largest absolute Gasteiger partial charge is 0.462 e. The van der Waals surface area contributed by atoms with Gasteiger partial charge in [0.2, 0.25) is 0 Å². The zero-order valence-electron chi connectivity index (χ0n) is 41.9. The summed E-state index contributed by atoms with van der Waals surface area (Å²) in [6.45, 7) is 2.60. The molecule has 0 saturated carbocycles. The fourth-order valence-corrected chi connectivity index (χ4v) is 8.87. The van der Waals surface area contributed by atoms with E-state index in [1.807, 2.05) is 0 Å². The van der Waals surface area contributed by atoms with Crippen LogP contribution in [0.4, 0.5) is 0 Å². The van der Waals surface area contributed by atoms with Crippen LogP contribution in [0.5, 0.6) is 0 Å². The molecule has 2 aliphatic heterocycles. The lowest BCUT2D eigenvalue weighted by atomic mass is 9.98. The molecule has 2 rings (SSSR count). The van der Waals surface area contributed by atoms with E-state index in [2.05, 4.69) is 13.8 Å². The predicted octanol–water partition coefficient (Wildman–Crippen LogP) is 8.00. The number of rotatable bonds is 43. The monoisotopic (exact) mass is 963 g/mol. The van der Waals surface area contributed by atoms with Gasteiger partial charge in [0.05, 0.1) is 19.8 Å². The van der Waals surface area contributed by atoms with Crippen molar-refractivity contribution >= 4 is 11.9 Å². The molecule has 11 unspecified atom stereocenters. The molecule has 0 aliphatic carbocycles. The summed E-state index contributed by atoms with van der Waals surface area (Å²) in [6.07, 6.45) is 21.5. The second-order valence-corrected chi connectivity index (χ2v) is 19.4. The lowest BCUT2D eigenvalue weighted by Gasteiger charge is -2.42. The van der Waals surface area contributed by atoms with E-state index in [0.29, 0.717) is 12.8 Å². The maximum Gasteiger partial charge on any atom is 0.306 e. The Morgan fingerprint density at radius 3 is 1.16 bits per heavy atom. The Balaban J connectivity index is 1.72. The number of hydrogen-bond acceptors (Lipinski definition) is 15. The van der Waals surface area contributed by atoms with Crippen molar-refractivity contribution in [3.05, 3.63) is 0 Å². The fourth-order valence-electron chi connectivity index (χ4n) is 8.87. The quantitative estimate of drug-likeness (QED) is 0.0227. The number of hydrogen-bond donors (Lipinski definition) is 7. The van der Waals surface area contributed by atoms with Crippen molar-refractivity contribution in [2.45, 2.75) is 293 Å². The van der Waals surface area contributed by atoms with Gasteiger partial charge in [-0.3, -0.25) is 9.59 Å². The van der Waals surface area contributed by atoms with Crippen molar-refractivity contribution in [1.29, 1.82) is 0 Å². The molecular formula is C52H98O15. The molecule has 67 heavy (non-hydrogen) atoms. The molecule has 2 aliphatic rings. The smallest absolute Gasteiger partial charge is 0.306 e. The number of aliphatic hydroxyl groups is 7. The molecule has 11 atom stereocenters. The van der Waals surface area contributed by atoms with E-state index >= 15 is 0 Å². The van der Waals surface area contributed by atoms with Gasteiger partial charge in [-0.1, -0.05) is 200 Å². The lowest BCUT2D eigenvalue weighted by Crippen LogP contribution is -2.61. The zero-order chi connectivity index (χ0) is 48.9. The molecule has 396 valence electrons. The molecule has 0 aromatic heterocycles. The lowest BCUT2D eigenvalue weighted by molar-refractivity contribution is -0.332. The molecule has 15 nitrogen and oxygen atoms in total. The van der Waals surface area contributed by atoms with Crippen molar-refractivity contribution < 1.29 is 73.8 Å². The highest BCUT2D eigenvalue weighted by molar-refractivity contribution is 5.70. The topological polar surface area (TPSA) is 231 Å². The third kappa shape index (κ3) is 28.2. The van der Waals surface area contributed by atoms with E-state index in [-0.39, 0.29) is 26.1 Å². The van der Waals surface area contributed by atoms with Gasteiger partial charge >= 0.3 is 11.9 Å². The fraction of sp³-hybridized carbons (Fsp3) is 0.962. The van der Waals surface area contributed by atoms with Crippen LogP contribution in [-0.4, -0.2) is 142 Å². The molecular weight excluding hydrogens is 865 g/mol. The van der Waals surface area contributed by atoms with Gasteiger partial charge in [0, 0.05) is 12.8 Å². The summed E-state index contributed by atoms with van der Waals surface area (Å²) in [4.78, 5) is 25.7. The third-order valence-corrected chi connectivity index (χ3v) is 13.3. The molecule has 2 saturated heterocycles. The van der Waals surface area contributed by atoms with Crippen molar-refractivity contribution in [1.82, 2.24) is 0 Å². The number of carbonyl (C=O) groups excluding carboxylic acids is 2. The van der Waals surface area contributed by atoms with Crippen LogP contribution in [0.15, 0.2) is 0 Å². The Morgan fingerprint density at radius 2 is 0.761 bits per heavy atom. The number of carbonyl (C=O) groups is 2. The van der Waals surface area contributed by atoms with Gasteiger partial charge in [-0.05, 0) is 12.8 Å². The van der Waals surface area contributed by atoms with Crippen LogP contribution in [0.1, 0.15) is 226 Å². The first-order valence-electron chi connectivity index (χ1n) is 27.1. The minimum absolute atomic E-state index is 0.173. The minimum atomic E-state index is -1.76. The molecule has 7 N–H and O–H groups in total. The van der Waals surface area contributed by atoms with E-state index in [0.717, 1.165) is 38.5 Å². The molecule has 0 spiro atoms. The van der Waals surface area contributed by atoms with Crippen LogP contribution in [-0.2, 0) is 38.0 Å². The normalized spacial score (nSPS) is 25.9. The SMILES string of the molecule is CCCCCCCCCCCCCCCCCCCCCCCCC(=O)OC(COC(=O)CCCCCCCCCCC)COC1OC(COC2OC(CO)C(O)C(O)C2O)C(O)C(O)C1O. The maximum atomic E-state index is 13.0. The summed E-state index contributed by atoms with van der Waals surface area (Å²) in [6, 6.07) is 0. The van der Waals surface area contributed by atoms with Crippen LogP contribution >= 0.6 is 0 Å². The zero-order valence-corrected chi connectivity index (χ0v) is 41.9. The van der Waals surface area contributed by atoms with E-state index in [1.54, 1.807) is 0 Å². The van der Waals surface area contributed by atoms with Crippen LogP contribution in [0, 0.1) is 0 Å². The third-order valence-electron chi connectivity index (χ3n) is 13.3. The number of aliphatic hydroxyl groups excluding tert-OH is 7. The summed E-state index contributed by atoms with van der Waals surface area (Å²) >= 11 is 0. The van der Waals surface area contributed by atoms with Gasteiger partial charge in [0.15, 0.2) is 18.7 Å². The van der Waals surface area contributed by atoms with Crippen LogP contribution in [0.3, 0.4) is 0 Å². The van der Waals surface area contributed by atoms with Crippen molar-refractivity contribution in [3.63, 3.8) is 0 Å². The highest BCUT2D eigenvalue weighted by Crippen LogP contribution is 2.27. The Labute approximate surface area is 404 Å². The van der Waals surface area contributed by atoms with Crippen molar-refractivity contribution in [2.75, 3.05) is 26.4 Å². The second kappa shape index (κ2) is 40.1. The Hall–Kier alpha value is -1.50. The first-order valence-corrected chi connectivity index (χ1v) is 27.1. The van der Waals surface area contributed by atoms with Crippen LogP contribution < -0.4 is 0 Å². The number of ether oxygens (including phenoxy) is 6. The average molecular weight is 963 g/mol. The first kappa shape index (κ1) is 61.6. The molecule has 0 bridgehead atoms. The van der Waals surface area contributed by atoms with Gasteiger partial charge in [-0.25, -0.2) is 0 Å². The van der Waals surface area contributed by atoms with Gasteiger partial charge in [0.25, 0.3) is 0 Å². The summed E-state index contributed by atoms with van der Waals surface area (Å²) in [5.41, 5.74) is 0. The van der Waals surface area contributed by atoms with Gasteiger partial charge in [0.1, 0.15) is 55.4 Å². The molecule has 2 fully saturated rings.